The van der Waals surface area contributed by atoms with Crippen LogP contribution in [-0.4, -0.2) is 39.9 Å². The second-order valence-electron chi connectivity index (χ2n) is 5.16. The Balaban J connectivity index is 0. The zero-order chi connectivity index (χ0) is 21.4. The highest BCUT2D eigenvalue weighted by molar-refractivity contribution is 8.13. The minimum absolute atomic E-state index is 0.644. The predicted octanol–water partition coefficient (Wildman–Crippen LogP) is 2.54. The van der Waals surface area contributed by atoms with E-state index < -0.39 is 31.1 Å². The van der Waals surface area contributed by atoms with Crippen LogP contribution in [0.15, 0.2) is 25.3 Å². The van der Waals surface area contributed by atoms with Gasteiger partial charge in [-0.15, -0.1) is 13.2 Å². The Labute approximate surface area is 148 Å². The summed E-state index contributed by atoms with van der Waals surface area (Å²) >= 11 is 0. The Morgan fingerprint density at radius 1 is 0.885 bits per heavy atom. The molecule has 0 aliphatic carbocycles. The molecule has 0 unspecified atom stereocenters. The molecule has 14 heteroatoms. The van der Waals surface area contributed by atoms with Gasteiger partial charge in [0.2, 0.25) is 0 Å². The molecule has 0 aromatic rings. The maximum Gasteiger partial charge on any atom is 0.480 e. The molecule has 0 heterocycles. The van der Waals surface area contributed by atoms with Crippen LogP contribution < -0.4 is 5.32 Å². The fourth-order valence-electron chi connectivity index (χ4n) is 1.44. The predicted molar refractivity (Wildman–Crippen MR) is 83.8 cm³/mol. The summed E-state index contributed by atoms with van der Waals surface area (Å²) in [6.45, 7) is 11.9. The topological polar surface area (TPSA) is 99.0 Å². The number of alkyl halides is 6. The molecule has 0 spiro atoms. The molecule has 0 rings (SSSR count). The molecule has 0 aromatic carbocycles. The molecule has 26 heavy (non-hydrogen) atoms. The number of quaternary nitrogens is 1. The summed E-state index contributed by atoms with van der Waals surface area (Å²) < 4.78 is 109. The van der Waals surface area contributed by atoms with Gasteiger partial charge in [0.1, 0.15) is 0 Å². The lowest BCUT2D eigenvalue weighted by molar-refractivity contribution is -0.714. The molecule has 2 N–H and O–H groups in total. The lowest BCUT2D eigenvalue weighted by atomic mass is 10.1. The maximum atomic E-state index is 11.4. The lowest BCUT2D eigenvalue weighted by Crippen LogP contribution is -2.93. The van der Waals surface area contributed by atoms with Crippen LogP contribution in [0.4, 0.5) is 26.3 Å². The minimum Gasteiger partial charge on any atom is -0.421 e. The Morgan fingerprint density at radius 2 is 1.19 bits per heavy atom. The van der Waals surface area contributed by atoms with Crippen LogP contribution in [0.5, 0.6) is 0 Å². The van der Waals surface area contributed by atoms with Crippen molar-refractivity contribution in [1.29, 1.82) is 0 Å². The molecule has 156 valence electrons. The Kier molecular flexibility index (Phi) is 10.7. The summed E-state index contributed by atoms with van der Waals surface area (Å²) in [5.74, 6) is 0. The summed E-state index contributed by atoms with van der Waals surface area (Å²) in [7, 11) is -13.4. The summed E-state index contributed by atoms with van der Waals surface area (Å²) in [4.78, 5) is 0. The summed E-state index contributed by atoms with van der Waals surface area (Å²) in [6, 6.07) is 1.31. The third-order valence-corrected chi connectivity index (χ3v) is 5.12. The Morgan fingerprint density at radius 3 is 1.38 bits per heavy atom. The number of hydrogen-bond acceptors (Lipinski definition) is 4. The third kappa shape index (κ3) is 10.1. The average Bonchev–Trinajstić information content (AvgIpc) is 2.35. The smallest absolute Gasteiger partial charge is 0.421 e. The van der Waals surface area contributed by atoms with Crippen molar-refractivity contribution in [3.8, 4) is 0 Å². The molecule has 0 aromatic heterocycles. The first-order valence-electron chi connectivity index (χ1n) is 6.84. The third-order valence-electron chi connectivity index (χ3n) is 2.38. The van der Waals surface area contributed by atoms with Gasteiger partial charge in [-0.1, -0.05) is 12.2 Å². The van der Waals surface area contributed by atoms with Crippen molar-refractivity contribution in [2.45, 2.75) is 49.8 Å². The number of nitrogens with two attached hydrogens (primary N) is 1. The quantitative estimate of drug-likeness (QED) is 0.469. The van der Waals surface area contributed by atoms with Gasteiger partial charge >= 0.3 is 11.0 Å². The molecule has 0 radical (unpaired) electrons. The van der Waals surface area contributed by atoms with E-state index in [-0.39, 0.29) is 0 Å². The van der Waals surface area contributed by atoms with E-state index in [2.05, 4.69) is 32.3 Å². The number of hydrogen-bond donors (Lipinski definition) is 1. The average molecular weight is 434 g/mol. The molecule has 0 aliphatic rings. The van der Waals surface area contributed by atoms with Gasteiger partial charge in [0.25, 0.3) is 0 Å². The van der Waals surface area contributed by atoms with Crippen molar-refractivity contribution in [3.05, 3.63) is 29.4 Å². The molecule has 0 amide bonds. The van der Waals surface area contributed by atoms with E-state index in [1.165, 1.54) is 0 Å². The molecule has 0 aliphatic heterocycles. The molecule has 0 bridgehead atoms. The van der Waals surface area contributed by atoms with Crippen LogP contribution in [0.25, 0.3) is 4.13 Å². The van der Waals surface area contributed by atoms with Crippen LogP contribution in [0, 0.1) is 0 Å². The van der Waals surface area contributed by atoms with Crippen molar-refractivity contribution < 1.29 is 48.5 Å². The fourth-order valence-corrected chi connectivity index (χ4v) is 3.15. The summed E-state index contributed by atoms with van der Waals surface area (Å²) in [5.41, 5.74) is -12.4. The summed E-state index contributed by atoms with van der Waals surface area (Å²) in [6.07, 6.45) is 6.11. The zero-order valence-corrected chi connectivity index (χ0v) is 15.5. The highest BCUT2D eigenvalue weighted by atomic mass is 32.3. The van der Waals surface area contributed by atoms with Gasteiger partial charge in [0, 0.05) is 12.8 Å². The Hall–Kier alpha value is -1.12. The van der Waals surface area contributed by atoms with E-state index in [9.17, 15) is 43.2 Å². The first kappa shape index (κ1) is 27.1. The van der Waals surface area contributed by atoms with Crippen LogP contribution >= 0.6 is 0 Å². The standard InChI is InChI=1S/C10H19N.C2F6NO4S2/c1-5-7-10(8-6-2)11-9(3)4;3-1(4,5)14(10,11)9-15(12,13)2(6,7)8/h5-6,9-11H,1-2,7-8H2,3-4H3;/q;-1/p+1. The van der Waals surface area contributed by atoms with Crippen molar-refractivity contribution in [2.75, 3.05) is 0 Å². The highest BCUT2D eigenvalue weighted by Crippen LogP contribution is 2.36. The van der Waals surface area contributed by atoms with Gasteiger partial charge in [-0.05, 0) is 13.8 Å². The number of halogens is 6. The molecule has 0 atom stereocenters. The van der Waals surface area contributed by atoms with E-state index in [1.54, 1.807) is 0 Å². The highest BCUT2D eigenvalue weighted by Gasteiger charge is 2.46. The van der Waals surface area contributed by atoms with Crippen LogP contribution in [0.1, 0.15) is 26.7 Å². The second kappa shape index (κ2) is 10.3. The molecular formula is C12H20F6N2O4S2. The van der Waals surface area contributed by atoms with Crippen LogP contribution in [0.3, 0.4) is 0 Å². The lowest BCUT2D eigenvalue weighted by Gasteiger charge is -2.22. The van der Waals surface area contributed by atoms with E-state index >= 15 is 0 Å². The van der Waals surface area contributed by atoms with Gasteiger partial charge in [0.05, 0.1) is 12.1 Å². The van der Waals surface area contributed by atoms with Crippen molar-refractivity contribution in [2.24, 2.45) is 0 Å². The van der Waals surface area contributed by atoms with Crippen molar-refractivity contribution in [1.82, 2.24) is 0 Å². The number of nitrogens with zero attached hydrogens (tertiary/aromatic N) is 1. The molecule has 0 fully saturated rings. The van der Waals surface area contributed by atoms with E-state index in [0.29, 0.717) is 12.1 Å². The van der Waals surface area contributed by atoms with Gasteiger partial charge in [-0.25, -0.2) is 16.8 Å². The van der Waals surface area contributed by atoms with Crippen LogP contribution in [-0.2, 0) is 20.0 Å². The molecular weight excluding hydrogens is 414 g/mol. The maximum absolute atomic E-state index is 11.4. The monoisotopic (exact) mass is 434 g/mol. The Bertz CT molecular complexity index is 602. The number of sulfonamides is 2. The second-order valence-corrected chi connectivity index (χ2v) is 8.58. The normalized spacial score (nSPS) is 13.3. The van der Waals surface area contributed by atoms with Gasteiger partial charge < -0.3 is 9.44 Å². The number of rotatable bonds is 8. The van der Waals surface area contributed by atoms with Crippen molar-refractivity contribution >= 4 is 20.0 Å². The van der Waals surface area contributed by atoms with Crippen LogP contribution in [0.2, 0.25) is 0 Å². The zero-order valence-electron chi connectivity index (χ0n) is 13.9. The minimum atomic E-state index is -6.72. The fraction of sp³-hybridized carbons (Fsp3) is 0.667. The van der Waals surface area contributed by atoms with Gasteiger partial charge in [0.15, 0.2) is 20.0 Å². The van der Waals surface area contributed by atoms with E-state index in [4.69, 9.17) is 0 Å². The molecule has 0 saturated heterocycles. The van der Waals surface area contributed by atoms with Crippen molar-refractivity contribution in [3.63, 3.8) is 0 Å². The molecule has 0 saturated carbocycles. The summed E-state index contributed by atoms with van der Waals surface area (Å²) in [5, 5.41) is 2.36. The molecule has 6 nitrogen and oxygen atoms in total. The van der Waals surface area contributed by atoms with E-state index in [1.807, 2.05) is 12.2 Å². The van der Waals surface area contributed by atoms with Gasteiger partial charge in [-0.2, -0.15) is 26.3 Å². The SMILES string of the molecule is C=CCC(CC=C)[NH2+]C(C)C.O=S(=O)([N-]S(=O)(=O)C(F)(F)F)C(F)(F)F. The largest absolute Gasteiger partial charge is 0.480 e. The van der Waals surface area contributed by atoms with E-state index in [0.717, 1.165) is 17.0 Å². The first-order valence-corrected chi connectivity index (χ1v) is 9.72. The first-order chi connectivity index (χ1) is 11.4. The van der Waals surface area contributed by atoms with Gasteiger partial charge in [-0.3, -0.25) is 0 Å².